The minimum absolute atomic E-state index is 0.134. The Morgan fingerprint density at radius 2 is 2.16 bits per heavy atom. The molecule has 104 valence electrons. The van der Waals surface area contributed by atoms with Crippen LogP contribution in [0.1, 0.15) is 18.5 Å². The standard InChI is InChI=1S/C12H17N3O3S/c1-9(13)10-3-2-4-11(7-10)19(17,18)15-6-5-14-12(16)8-15/h2-4,7,9H,5-6,8,13H2,1H3,(H,14,16). The molecule has 1 aliphatic heterocycles. The van der Waals surface area contributed by atoms with E-state index >= 15 is 0 Å². The van der Waals surface area contributed by atoms with Gasteiger partial charge in [-0.25, -0.2) is 8.42 Å². The van der Waals surface area contributed by atoms with E-state index in [2.05, 4.69) is 5.32 Å². The van der Waals surface area contributed by atoms with Gasteiger partial charge in [0.05, 0.1) is 11.4 Å². The monoisotopic (exact) mass is 283 g/mol. The summed E-state index contributed by atoms with van der Waals surface area (Å²) in [5.74, 6) is -0.279. The van der Waals surface area contributed by atoms with Gasteiger partial charge in [-0.1, -0.05) is 12.1 Å². The first-order valence-electron chi connectivity index (χ1n) is 6.03. The fourth-order valence-electron chi connectivity index (χ4n) is 1.93. The Balaban J connectivity index is 2.33. The number of nitrogens with zero attached hydrogens (tertiary/aromatic N) is 1. The van der Waals surface area contributed by atoms with Crippen molar-refractivity contribution in [2.75, 3.05) is 19.6 Å². The summed E-state index contributed by atoms with van der Waals surface area (Å²) in [6.45, 7) is 2.28. The molecule has 0 radical (unpaired) electrons. The number of sulfonamides is 1. The van der Waals surface area contributed by atoms with Gasteiger partial charge >= 0.3 is 0 Å². The second-order valence-electron chi connectivity index (χ2n) is 4.55. The van der Waals surface area contributed by atoms with Gasteiger partial charge in [-0.3, -0.25) is 4.79 Å². The summed E-state index contributed by atoms with van der Waals surface area (Å²) in [6.07, 6.45) is 0. The number of carbonyl (C=O) groups excluding carboxylic acids is 1. The lowest BCUT2D eigenvalue weighted by atomic mass is 10.1. The average molecular weight is 283 g/mol. The SMILES string of the molecule is CC(N)c1cccc(S(=O)(=O)N2CCNC(=O)C2)c1. The highest BCUT2D eigenvalue weighted by molar-refractivity contribution is 7.89. The molecule has 1 amide bonds. The molecule has 1 aliphatic rings. The topological polar surface area (TPSA) is 92.5 Å². The molecule has 0 aromatic heterocycles. The first-order chi connectivity index (χ1) is 8.91. The zero-order valence-electron chi connectivity index (χ0n) is 10.7. The summed E-state index contributed by atoms with van der Waals surface area (Å²) < 4.78 is 26.0. The van der Waals surface area contributed by atoms with Gasteiger partial charge < -0.3 is 11.1 Å². The van der Waals surface area contributed by atoms with Gasteiger partial charge in [0.1, 0.15) is 0 Å². The van der Waals surface area contributed by atoms with Crippen molar-refractivity contribution in [1.82, 2.24) is 9.62 Å². The maximum Gasteiger partial charge on any atom is 0.243 e. The number of nitrogens with two attached hydrogens (primary N) is 1. The van der Waals surface area contributed by atoms with Crippen LogP contribution in [0.5, 0.6) is 0 Å². The Bertz CT molecular complexity index is 584. The molecule has 1 aromatic rings. The Labute approximate surface area is 112 Å². The normalized spacial score (nSPS) is 18.9. The van der Waals surface area contributed by atoms with E-state index < -0.39 is 10.0 Å². The number of carbonyl (C=O) groups is 1. The summed E-state index contributed by atoms with van der Waals surface area (Å²) in [4.78, 5) is 11.5. The number of nitrogens with one attached hydrogen (secondary N) is 1. The van der Waals surface area contributed by atoms with E-state index in [-0.39, 0.29) is 29.9 Å². The summed E-state index contributed by atoms with van der Waals surface area (Å²) in [7, 11) is -3.63. The third-order valence-electron chi connectivity index (χ3n) is 3.02. The minimum atomic E-state index is -3.63. The fourth-order valence-corrected chi connectivity index (χ4v) is 3.38. The fraction of sp³-hybridized carbons (Fsp3) is 0.417. The van der Waals surface area contributed by atoms with Crippen LogP contribution in [0.15, 0.2) is 29.2 Å². The minimum Gasteiger partial charge on any atom is -0.354 e. The smallest absolute Gasteiger partial charge is 0.243 e. The summed E-state index contributed by atoms with van der Waals surface area (Å²) in [5, 5.41) is 2.60. The molecular formula is C12H17N3O3S. The van der Waals surface area contributed by atoms with Gasteiger partial charge in [0.25, 0.3) is 0 Å². The van der Waals surface area contributed by atoms with E-state index in [0.29, 0.717) is 6.54 Å². The average Bonchev–Trinajstić information content (AvgIpc) is 2.39. The maximum absolute atomic E-state index is 12.4. The van der Waals surface area contributed by atoms with Gasteiger partial charge in [0, 0.05) is 19.1 Å². The number of piperazine rings is 1. The highest BCUT2D eigenvalue weighted by Gasteiger charge is 2.29. The molecule has 0 bridgehead atoms. The van der Waals surface area contributed by atoms with Crippen molar-refractivity contribution in [1.29, 1.82) is 0 Å². The van der Waals surface area contributed by atoms with Crippen LogP contribution >= 0.6 is 0 Å². The molecule has 19 heavy (non-hydrogen) atoms. The molecule has 1 aromatic carbocycles. The lowest BCUT2D eigenvalue weighted by Crippen LogP contribution is -2.49. The summed E-state index contributed by atoms with van der Waals surface area (Å²) >= 11 is 0. The molecule has 0 spiro atoms. The number of amides is 1. The largest absolute Gasteiger partial charge is 0.354 e. The second-order valence-corrected chi connectivity index (χ2v) is 6.49. The van der Waals surface area contributed by atoms with Crippen LogP contribution in [-0.4, -0.2) is 38.3 Å². The third kappa shape index (κ3) is 2.94. The quantitative estimate of drug-likeness (QED) is 0.805. The molecule has 1 heterocycles. The number of hydrogen-bond donors (Lipinski definition) is 2. The lowest BCUT2D eigenvalue weighted by molar-refractivity contribution is -0.122. The molecular weight excluding hydrogens is 266 g/mol. The van der Waals surface area contributed by atoms with E-state index in [1.807, 2.05) is 0 Å². The Morgan fingerprint density at radius 1 is 1.42 bits per heavy atom. The molecule has 1 fully saturated rings. The van der Waals surface area contributed by atoms with Crippen LogP contribution in [-0.2, 0) is 14.8 Å². The molecule has 0 aliphatic carbocycles. The Hall–Kier alpha value is -1.44. The maximum atomic E-state index is 12.4. The molecule has 3 N–H and O–H groups in total. The highest BCUT2D eigenvalue weighted by Crippen LogP contribution is 2.20. The van der Waals surface area contributed by atoms with Crippen LogP contribution < -0.4 is 11.1 Å². The van der Waals surface area contributed by atoms with E-state index in [9.17, 15) is 13.2 Å². The summed E-state index contributed by atoms with van der Waals surface area (Å²) in [5.41, 5.74) is 6.51. The van der Waals surface area contributed by atoms with Crippen molar-refractivity contribution < 1.29 is 13.2 Å². The van der Waals surface area contributed by atoms with Gasteiger partial charge in [-0.2, -0.15) is 4.31 Å². The van der Waals surface area contributed by atoms with Crippen molar-refractivity contribution in [3.63, 3.8) is 0 Å². The zero-order chi connectivity index (χ0) is 14.0. The zero-order valence-corrected chi connectivity index (χ0v) is 11.5. The molecule has 6 nitrogen and oxygen atoms in total. The number of benzene rings is 1. The molecule has 1 atom stereocenters. The van der Waals surface area contributed by atoms with Crippen molar-refractivity contribution >= 4 is 15.9 Å². The van der Waals surface area contributed by atoms with Crippen molar-refractivity contribution in [2.45, 2.75) is 17.9 Å². The molecule has 1 unspecified atom stereocenters. The van der Waals surface area contributed by atoms with Gasteiger partial charge in [0.2, 0.25) is 15.9 Å². The predicted octanol–water partition coefficient (Wildman–Crippen LogP) is -0.173. The van der Waals surface area contributed by atoms with Crippen LogP contribution in [0.2, 0.25) is 0 Å². The van der Waals surface area contributed by atoms with Gasteiger partial charge in [-0.15, -0.1) is 0 Å². The molecule has 0 saturated carbocycles. The molecule has 2 rings (SSSR count). The van der Waals surface area contributed by atoms with Gasteiger partial charge in [-0.05, 0) is 24.6 Å². The van der Waals surface area contributed by atoms with E-state index in [4.69, 9.17) is 5.73 Å². The van der Waals surface area contributed by atoms with Crippen molar-refractivity contribution in [3.05, 3.63) is 29.8 Å². The second kappa shape index (κ2) is 5.28. The highest BCUT2D eigenvalue weighted by atomic mass is 32.2. The van der Waals surface area contributed by atoms with Crippen molar-refractivity contribution in [3.8, 4) is 0 Å². The number of rotatable bonds is 3. The van der Waals surface area contributed by atoms with Crippen LogP contribution in [0, 0.1) is 0 Å². The Morgan fingerprint density at radius 3 is 2.79 bits per heavy atom. The lowest BCUT2D eigenvalue weighted by Gasteiger charge is -2.26. The van der Waals surface area contributed by atoms with Crippen molar-refractivity contribution in [2.24, 2.45) is 5.73 Å². The van der Waals surface area contributed by atoms with Gasteiger partial charge in [0.15, 0.2) is 0 Å². The molecule has 1 saturated heterocycles. The Kier molecular flexibility index (Phi) is 3.88. The van der Waals surface area contributed by atoms with Crippen LogP contribution in [0.25, 0.3) is 0 Å². The molecule has 7 heteroatoms. The predicted molar refractivity (Wildman–Crippen MR) is 70.8 cm³/mol. The third-order valence-corrected chi connectivity index (χ3v) is 4.87. The van der Waals surface area contributed by atoms with Crippen LogP contribution in [0.4, 0.5) is 0 Å². The first-order valence-corrected chi connectivity index (χ1v) is 7.47. The number of hydrogen-bond acceptors (Lipinski definition) is 4. The van der Waals surface area contributed by atoms with E-state index in [1.54, 1.807) is 25.1 Å². The first kappa shape index (κ1) is 14.0. The van der Waals surface area contributed by atoms with Crippen LogP contribution in [0.3, 0.4) is 0 Å². The van der Waals surface area contributed by atoms with E-state index in [0.717, 1.165) is 5.56 Å². The summed E-state index contributed by atoms with van der Waals surface area (Å²) in [6, 6.07) is 6.29. The van der Waals surface area contributed by atoms with E-state index in [1.165, 1.54) is 10.4 Å².